The Morgan fingerprint density at radius 2 is 1.95 bits per heavy atom. The molecule has 0 radical (unpaired) electrons. The van der Waals surface area contributed by atoms with Crippen LogP contribution in [0.2, 0.25) is 5.02 Å². The first-order valence-corrected chi connectivity index (χ1v) is 8.71. The standard InChI is InChI=1S/C14H20ClNO5S/c1-9-3-12(21-2)11(15)4-13(9)22(19,20)16-10-5-14(6-10,7-17)8-18/h3-4,10,16-18H,5-8H2,1-2H3. The quantitative estimate of drug-likeness (QED) is 0.714. The first-order valence-electron chi connectivity index (χ1n) is 6.85. The highest BCUT2D eigenvalue weighted by Gasteiger charge is 2.45. The lowest BCUT2D eigenvalue weighted by Crippen LogP contribution is -2.54. The van der Waals surface area contributed by atoms with Crippen LogP contribution in [0.5, 0.6) is 5.75 Å². The Morgan fingerprint density at radius 3 is 2.45 bits per heavy atom. The van der Waals surface area contributed by atoms with Crippen LogP contribution in [0.15, 0.2) is 17.0 Å². The third-order valence-corrected chi connectivity index (χ3v) is 6.05. The average Bonchev–Trinajstić information content (AvgIpc) is 2.44. The second-order valence-electron chi connectivity index (χ2n) is 5.79. The number of hydrogen-bond donors (Lipinski definition) is 3. The van der Waals surface area contributed by atoms with Crippen molar-refractivity contribution in [3.05, 3.63) is 22.7 Å². The van der Waals surface area contributed by atoms with Crippen molar-refractivity contribution in [2.24, 2.45) is 5.41 Å². The van der Waals surface area contributed by atoms with Gasteiger partial charge in [-0.3, -0.25) is 0 Å². The van der Waals surface area contributed by atoms with Gasteiger partial charge in [0, 0.05) is 11.5 Å². The molecule has 1 aliphatic rings. The minimum Gasteiger partial charge on any atom is -0.495 e. The van der Waals surface area contributed by atoms with E-state index in [4.69, 9.17) is 16.3 Å². The summed E-state index contributed by atoms with van der Waals surface area (Å²) in [5.74, 6) is 0.418. The molecule has 0 unspecified atom stereocenters. The second kappa shape index (κ2) is 6.33. The first kappa shape index (κ1) is 17.5. The van der Waals surface area contributed by atoms with Crippen LogP contribution in [0.1, 0.15) is 18.4 Å². The van der Waals surface area contributed by atoms with Crippen LogP contribution < -0.4 is 9.46 Å². The number of aliphatic hydroxyl groups excluding tert-OH is 2. The van der Waals surface area contributed by atoms with Gasteiger partial charge in [0.15, 0.2) is 0 Å². The van der Waals surface area contributed by atoms with Gasteiger partial charge in [0.05, 0.1) is 30.2 Å². The Labute approximate surface area is 135 Å². The number of benzene rings is 1. The van der Waals surface area contributed by atoms with Crippen molar-refractivity contribution in [1.29, 1.82) is 0 Å². The van der Waals surface area contributed by atoms with E-state index >= 15 is 0 Å². The largest absolute Gasteiger partial charge is 0.495 e. The van der Waals surface area contributed by atoms with Gasteiger partial charge in [0.25, 0.3) is 0 Å². The zero-order valence-electron chi connectivity index (χ0n) is 12.5. The summed E-state index contributed by atoms with van der Waals surface area (Å²) in [5, 5.41) is 18.7. The molecule has 124 valence electrons. The van der Waals surface area contributed by atoms with Crippen LogP contribution in [-0.4, -0.2) is 45.0 Å². The Bertz CT molecular complexity index is 649. The highest BCUT2D eigenvalue weighted by Crippen LogP contribution is 2.41. The van der Waals surface area contributed by atoms with Gasteiger partial charge in [-0.25, -0.2) is 13.1 Å². The summed E-state index contributed by atoms with van der Waals surface area (Å²) < 4.78 is 32.6. The Kier molecular flexibility index (Phi) is 5.03. The predicted octanol–water partition coefficient (Wildman–Crippen LogP) is 1.07. The van der Waals surface area contributed by atoms with Crippen LogP contribution >= 0.6 is 11.6 Å². The molecule has 0 amide bonds. The van der Waals surface area contributed by atoms with Gasteiger partial charge in [0.2, 0.25) is 10.0 Å². The zero-order valence-corrected chi connectivity index (χ0v) is 14.0. The smallest absolute Gasteiger partial charge is 0.241 e. The number of aliphatic hydroxyl groups is 2. The topological polar surface area (TPSA) is 95.9 Å². The van der Waals surface area contributed by atoms with Crippen LogP contribution in [0.4, 0.5) is 0 Å². The molecule has 0 saturated heterocycles. The summed E-state index contributed by atoms with van der Waals surface area (Å²) in [6.45, 7) is 1.35. The average molecular weight is 350 g/mol. The van der Waals surface area contributed by atoms with Crippen LogP contribution in [0.3, 0.4) is 0 Å². The van der Waals surface area contributed by atoms with Crippen molar-refractivity contribution in [3.8, 4) is 5.75 Å². The lowest BCUT2D eigenvalue weighted by Gasteiger charge is -2.45. The highest BCUT2D eigenvalue weighted by molar-refractivity contribution is 7.89. The highest BCUT2D eigenvalue weighted by atomic mass is 35.5. The molecule has 2 rings (SSSR count). The van der Waals surface area contributed by atoms with Crippen LogP contribution in [-0.2, 0) is 10.0 Å². The fourth-order valence-electron chi connectivity index (χ4n) is 2.74. The monoisotopic (exact) mass is 349 g/mol. The molecular weight excluding hydrogens is 330 g/mol. The number of hydrogen-bond acceptors (Lipinski definition) is 5. The second-order valence-corrected chi connectivity index (χ2v) is 7.88. The number of nitrogens with one attached hydrogen (secondary N) is 1. The van der Waals surface area contributed by atoms with Gasteiger partial charge in [-0.2, -0.15) is 0 Å². The Balaban J connectivity index is 2.17. The van der Waals surface area contributed by atoms with E-state index in [0.29, 0.717) is 24.2 Å². The molecule has 0 bridgehead atoms. The molecular formula is C14H20ClNO5S. The number of aryl methyl sites for hydroxylation is 1. The van der Waals surface area contributed by atoms with Gasteiger partial charge in [0.1, 0.15) is 5.75 Å². The summed E-state index contributed by atoms with van der Waals surface area (Å²) in [4.78, 5) is 0.101. The van der Waals surface area contributed by atoms with E-state index in [9.17, 15) is 18.6 Å². The lowest BCUT2D eigenvalue weighted by molar-refractivity contribution is -0.0261. The molecule has 8 heteroatoms. The molecule has 1 fully saturated rings. The van der Waals surface area contributed by atoms with E-state index in [1.54, 1.807) is 13.0 Å². The van der Waals surface area contributed by atoms with E-state index in [1.807, 2.05) is 0 Å². The summed E-state index contributed by atoms with van der Waals surface area (Å²) in [6, 6.07) is 2.63. The zero-order chi connectivity index (χ0) is 16.5. The lowest BCUT2D eigenvalue weighted by atomic mass is 9.67. The third-order valence-electron chi connectivity index (χ3n) is 4.09. The SMILES string of the molecule is COc1cc(C)c(S(=O)(=O)NC2CC(CO)(CO)C2)cc1Cl. The molecule has 0 heterocycles. The maximum absolute atomic E-state index is 12.5. The number of rotatable bonds is 6. The number of methoxy groups -OCH3 is 1. The predicted molar refractivity (Wildman–Crippen MR) is 82.7 cm³/mol. The van der Waals surface area contributed by atoms with Gasteiger partial charge in [-0.05, 0) is 37.5 Å². The van der Waals surface area contributed by atoms with Crippen molar-refractivity contribution in [2.75, 3.05) is 20.3 Å². The van der Waals surface area contributed by atoms with Crippen molar-refractivity contribution in [2.45, 2.75) is 30.7 Å². The fraction of sp³-hybridized carbons (Fsp3) is 0.571. The fourth-order valence-corrected chi connectivity index (χ4v) is 4.54. The van der Waals surface area contributed by atoms with Crippen LogP contribution in [0, 0.1) is 12.3 Å². The third kappa shape index (κ3) is 3.23. The first-order chi connectivity index (χ1) is 10.3. The van der Waals surface area contributed by atoms with Crippen molar-refractivity contribution in [1.82, 2.24) is 4.72 Å². The molecule has 0 atom stereocenters. The summed E-state index contributed by atoms with van der Waals surface area (Å²) in [7, 11) is -2.26. The number of halogens is 1. The minimum absolute atomic E-state index is 0.101. The van der Waals surface area contributed by atoms with Crippen LogP contribution in [0.25, 0.3) is 0 Å². The molecule has 0 aliphatic heterocycles. The molecule has 1 saturated carbocycles. The van der Waals surface area contributed by atoms with E-state index in [0.717, 1.165) is 0 Å². The Morgan fingerprint density at radius 1 is 1.36 bits per heavy atom. The number of ether oxygens (including phenoxy) is 1. The summed E-state index contributed by atoms with van der Waals surface area (Å²) in [5.41, 5.74) is -0.0524. The molecule has 1 aliphatic carbocycles. The minimum atomic E-state index is -3.72. The molecule has 6 nitrogen and oxygen atoms in total. The van der Waals surface area contributed by atoms with Crippen molar-refractivity contribution < 1.29 is 23.4 Å². The maximum atomic E-state index is 12.5. The Hall–Kier alpha value is -0.860. The van der Waals surface area contributed by atoms with E-state index in [2.05, 4.69) is 4.72 Å². The number of sulfonamides is 1. The van der Waals surface area contributed by atoms with E-state index in [-0.39, 0.29) is 29.2 Å². The van der Waals surface area contributed by atoms with E-state index < -0.39 is 15.4 Å². The maximum Gasteiger partial charge on any atom is 0.241 e. The molecule has 1 aromatic carbocycles. The molecule has 0 aromatic heterocycles. The van der Waals surface area contributed by atoms with Gasteiger partial charge in [-0.1, -0.05) is 11.6 Å². The van der Waals surface area contributed by atoms with E-state index in [1.165, 1.54) is 13.2 Å². The normalized spacial score (nSPS) is 18.0. The summed E-state index contributed by atoms with van der Waals surface area (Å²) >= 11 is 6.00. The molecule has 22 heavy (non-hydrogen) atoms. The van der Waals surface area contributed by atoms with Crippen molar-refractivity contribution in [3.63, 3.8) is 0 Å². The van der Waals surface area contributed by atoms with Gasteiger partial charge < -0.3 is 14.9 Å². The molecule has 3 N–H and O–H groups in total. The van der Waals surface area contributed by atoms with Gasteiger partial charge >= 0.3 is 0 Å². The molecule has 0 spiro atoms. The summed E-state index contributed by atoms with van der Waals surface area (Å²) in [6.07, 6.45) is 0.810. The van der Waals surface area contributed by atoms with Crippen molar-refractivity contribution >= 4 is 21.6 Å². The van der Waals surface area contributed by atoms with Gasteiger partial charge in [-0.15, -0.1) is 0 Å². The molecule has 1 aromatic rings.